The van der Waals surface area contributed by atoms with Crippen LogP contribution >= 0.6 is 0 Å². The number of aryl methyl sites for hydroxylation is 2. The third kappa shape index (κ3) is 3.08. The fourth-order valence-electron chi connectivity index (χ4n) is 2.57. The van der Waals surface area contributed by atoms with E-state index in [0.717, 1.165) is 17.1 Å². The maximum Gasteiger partial charge on any atom is 0.257 e. The largest absolute Gasteiger partial charge is 0.315 e. The lowest BCUT2D eigenvalue weighted by atomic mass is 10.2. The van der Waals surface area contributed by atoms with Crippen molar-refractivity contribution in [1.82, 2.24) is 14.8 Å². The van der Waals surface area contributed by atoms with Crippen LogP contribution in [-0.4, -0.2) is 31.3 Å². The Balaban J connectivity index is 1.81. The number of hydrogen-bond acceptors (Lipinski definition) is 6. The number of likely N-dealkylation sites (N-methyl/N-ethyl adjacent to an activating group) is 1. The predicted octanol–water partition coefficient (Wildman–Crippen LogP) is 0.918. The molecule has 2 aromatic rings. The molecule has 0 aliphatic carbocycles. The first kappa shape index (κ1) is 16.3. The molecule has 0 atom stereocenters. The van der Waals surface area contributed by atoms with Crippen molar-refractivity contribution in [3.05, 3.63) is 41.2 Å². The Labute approximate surface area is 139 Å². The first-order valence-electron chi connectivity index (χ1n) is 7.26. The molecule has 0 saturated heterocycles. The average Bonchev–Trinajstić information content (AvgIpc) is 2.79. The Hall–Kier alpha value is -2.52. The van der Waals surface area contributed by atoms with Crippen LogP contribution in [0.15, 0.2) is 29.2 Å². The van der Waals surface area contributed by atoms with E-state index in [4.69, 9.17) is 0 Å². The normalized spacial score (nSPS) is 14.0. The van der Waals surface area contributed by atoms with Gasteiger partial charge in [0.15, 0.2) is 0 Å². The zero-order chi connectivity index (χ0) is 17.5. The van der Waals surface area contributed by atoms with Gasteiger partial charge < -0.3 is 4.90 Å². The lowest BCUT2D eigenvalue weighted by Gasteiger charge is -2.12. The number of rotatable bonds is 4. The first-order valence-corrected chi connectivity index (χ1v) is 8.74. The molecule has 126 valence electrons. The molecule has 0 spiro atoms. The van der Waals surface area contributed by atoms with Crippen molar-refractivity contribution in [2.75, 3.05) is 17.4 Å². The van der Waals surface area contributed by atoms with E-state index in [1.54, 1.807) is 33.0 Å². The van der Waals surface area contributed by atoms with Gasteiger partial charge in [-0.25, -0.2) is 18.4 Å². The zero-order valence-corrected chi connectivity index (χ0v) is 14.3. The van der Waals surface area contributed by atoms with Gasteiger partial charge in [0, 0.05) is 24.1 Å². The number of sulfonamides is 1. The number of carbonyl (C=O) groups is 1. The van der Waals surface area contributed by atoms with Crippen LogP contribution in [0.5, 0.6) is 0 Å². The number of benzene rings is 1. The fraction of sp³-hybridized carbons (Fsp3) is 0.267. The third-order valence-electron chi connectivity index (χ3n) is 3.72. The molecule has 0 unspecified atom stereocenters. The summed E-state index contributed by atoms with van der Waals surface area (Å²) in [6.45, 7) is 3.59. The molecule has 1 aliphatic heterocycles. The second kappa shape index (κ2) is 5.84. The van der Waals surface area contributed by atoms with Crippen LogP contribution in [0.1, 0.15) is 17.0 Å². The number of aromatic nitrogens is 2. The van der Waals surface area contributed by atoms with Crippen LogP contribution in [0.3, 0.4) is 0 Å². The second-order valence-corrected chi connectivity index (χ2v) is 7.31. The van der Waals surface area contributed by atoms with Crippen LogP contribution in [-0.2, 0) is 21.2 Å². The minimum Gasteiger partial charge on any atom is -0.315 e. The van der Waals surface area contributed by atoms with Crippen molar-refractivity contribution in [2.45, 2.75) is 25.2 Å². The molecular formula is C15H17N5O3S. The Morgan fingerprint density at radius 3 is 2.46 bits per heavy atom. The van der Waals surface area contributed by atoms with E-state index >= 15 is 0 Å². The Morgan fingerprint density at radius 2 is 1.79 bits per heavy atom. The zero-order valence-electron chi connectivity index (χ0n) is 13.5. The van der Waals surface area contributed by atoms with E-state index in [2.05, 4.69) is 20.2 Å². The predicted molar refractivity (Wildman–Crippen MR) is 89.0 cm³/mol. The van der Waals surface area contributed by atoms with Gasteiger partial charge in [-0.05, 0) is 43.7 Å². The van der Waals surface area contributed by atoms with Crippen LogP contribution in [0.2, 0.25) is 0 Å². The highest BCUT2D eigenvalue weighted by atomic mass is 32.2. The summed E-state index contributed by atoms with van der Waals surface area (Å²) in [4.78, 5) is 23.8. The standard InChI is InChI=1S/C15H17N5O3S/c1-9-6-10(2)17-15(16-9)18-19-24(22,23)12-4-5-13-11(7-12)8-14(21)20(13)3/h4-7,19H,8H2,1-3H3,(H,16,17,18). The van der Waals surface area contributed by atoms with Gasteiger partial charge in [0.05, 0.1) is 11.3 Å². The van der Waals surface area contributed by atoms with Crippen molar-refractivity contribution in [2.24, 2.45) is 0 Å². The van der Waals surface area contributed by atoms with Gasteiger partial charge >= 0.3 is 0 Å². The molecule has 2 heterocycles. The Kier molecular flexibility index (Phi) is 3.98. The Bertz CT molecular complexity index is 906. The Morgan fingerprint density at radius 1 is 1.12 bits per heavy atom. The number of hydrazine groups is 1. The monoisotopic (exact) mass is 347 g/mol. The van der Waals surface area contributed by atoms with Gasteiger partial charge in [0.25, 0.3) is 10.0 Å². The quantitative estimate of drug-likeness (QED) is 0.797. The number of hydrogen-bond donors (Lipinski definition) is 2. The molecule has 9 heteroatoms. The molecule has 2 N–H and O–H groups in total. The highest BCUT2D eigenvalue weighted by molar-refractivity contribution is 7.89. The molecule has 0 radical (unpaired) electrons. The first-order chi connectivity index (χ1) is 11.3. The van der Waals surface area contributed by atoms with E-state index in [9.17, 15) is 13.2 Å². The average molecular weight is 347 g/mol. The van der Waals surface area contributed by atoms with Gasteiger partial charge in [0.2, 0.25) is 11.9 Å². The SMILES string of the molecule is Cc1cc(C)nc(NNS(=O)(=O)c2ccc3c(c2)CC(=O)N3C)n1. The van der Waals surface area contributed by atoms with E-state index < -0.39 is 10.0 Å². The summed E-state index contributed by atoms with van der Waals surface area (Å²) < 4.78 is 24.8. The van der Waals surface area contributed by atoms with Crippen molar-refractivity contribution in [1.29, 1.82) is 0 Å². The summed E-state index contributed by atoms with van der Waals surface area (Å²) in [5.74, 6) is 0.112. The lowest BCUT2D eigenvalue weighted by Crippen LogP contribution is -2.30. The third-order valence-corrected chi connectivity index (χ3v) is 4.96. The molecule has 24 heavy (non-hydrogen) atoms. The van der Waals surface area contributed by atoms with E-state index in [-0.39, 0.29) is 23.2 Å². The van der Waals surface area contributed by atoms with Gasteiger partial charge in [-0.15, -0.1) is 4.83 Å². The summed E-state index contributed by atoms with van der Waals surface area (Å²) in [6.07, 6.45) is 0.197. The molecule has 1 aromatic heterocycles. The topological polar surface area (TPSA) is 104 Å². The van der Waals surface area contributed by atoms with Crippen LogP contribution < -0.4 is 15.2 Å². The van der Waals surface area contributed by atoms with Crippen molar-refractivity contribution in [3.8, 4) is 0 Å². The molecule has 1 aliphatic rings. The highest BCUT2D eigenvalue weighted by Crippen LogP contribution is 2.29. The molecule has 0 bridgehead atoms. The minimum absolute atomic E-state index is 0.0609. The summed E-state index contributed by atoms with van der Waals surface area (Å²) >= 11 is 0. The van der Waals surface area contributed by atoms with E-state index in [1.807, 2.05) is 0 Å². The fourth-order valence-corrected chi connectivity index (χ4v) is 3.46. The number of fused-ring (bicyclic) bond motifs is 1. The van der Waals surface area contributed by atoms with Crippen molar-refractivity contribution in [3.63, 3.8) is 0 Å². The number of anilines is 2. The number of carbonyl (C=O) groups excluding carboxylic acids is 1. The smallest absolute Gasteiger partial charge is 0.257 e. The maximum absolute atomic E-state index is 12.4. The molecule has 0 fully saturated rings. The van der Waals surface area contributed by atoms with E-state index in [0.29, 0.717) is 5.56 Å². The minimum atomic E-state index is -3.81. The van der Waals surface area contributed by atoms with Crippen LogP contribution in [0, 0.1) is 13.8 Å². The van der Waals surface area contributed by atoms with Crippen LogP contribution in [0.25, 0.3) is 0 Å². The lowest BCUT2D eigenvalue weighted by molar-refractivity contribution is -0.117. The highest BCUT2D eigenvalue weighted by Gasteiger charge is 2.26. The number of nitrogens with one attached hydrogen (secondary N) is 2. The van der Waals surface area contributed by atoms with Crippen LogP contribution in [0.4, 0.5) is 11.6 Å². The molecular weight excluding hydrogens is 330 g/mol. The van der Waals surface area contributed by atoms with Gasteiger partial charge in [-0.1, -0.05) is 0 Å². The number of amides is 1. The second-order valence-electron chi connectivity index (χ2n) is 5.62. The summed E-state index contributed by atoms with van der Waals surface area (Å²) in [5.41, 5.74) is 5.38. The summed E-state index contributed by atoms with van der Waals surface area (Å²) in [5, 5.41) is 0. The van der Waals surface area contributed by atoms with Crippen molar-refractivity contribution >= 4 is 27.6 Å². The molecule has 0 saturated carbocycles. The summed E-state index contributed by atoms with van der Waals surface area (Å²) in [7, 11) is -2.15. The van der Waals surface area contributed by atoms with Gasteiger partial charge in [-0.3, -0.25) is 10.2 Å². The molecule has 1 aromatic carbocycles. The number of nitrogens with zero attached hydrogens (tertiary/aromatic N) is 3. The molecule has 1 amide bonds. The van der Waals surface area contributed by atoms with Crippen molar-refractivity contribution < 1.29 is 13.2 Å². The molecule has 8 nitrogen and oxygen atoms in total. The van der Waals surface area contributed by atoms with Gasteiger partial charge in [-0.2, -0.15) is 0 Å². The van der Waals surface area contributed by atoms with E-state index in [1.165, 1.54) is 17.0 Å². The maximum atomic E-state index is 12.4. The van der Waals surface area contributed by atoms with Gasteiger partial charge in [0.1, 0.15) is 0 Å². The summed E-state index contributed by atoms with van der Waals surface area (Å²) in [6, 6.07) is 6.37. The molecule has 3 rings (SSSR count).